The Kier molecular flexibility index (Phi) is 4.37. The van der Waals surface area contributed by atoms with Crippen LogP contribution in [-0.4, -0.2) is 12.3 Å². The number of benzene rings is 1. The molecule has 0 aliphatic carbocycles. The third-order valence-corrected chi connectivity index (χ3v) is 2.51. The molecule has 0 saturated carbocycles. The predicted octanol–water partition coefficient (Wildman–Crippen LogP) is 3.66. The fourth-order valence-corrected chi connectivity index (χ4v) is 1.41. The van der Waals surface area contributed by atoms with Gasteiger partial charge in [-0.3, -0.25) is 4.99 Å². The topological polar surface area (TPSA) is 12.4 Å². The number of rotatable bonds is 4. The largest absolute Gasteiger partial charge is 0.294 e. The van der Waals surface area contributed by atoms with Gasteiger partial charge in [0.1, 0.15) is 0 Å². The van der Waals surface area contributed by atoms with Crippen LogP contribution >= 0.6 is 0 Å². The normalized spacial score (nSPS) is 14.1. The van der Waals surface area contributed by atoms with Gasteiger partial charge in [0.15, 0.2) is 0 Å². The molecule has 0 bridgehead atoms. The predicted molar refractivity (Wildman–Crippen MR) is 63.1 cm³/mol. The van der Waals surface area contributed by atoms with Crippen molar-refractivity contribution in [3.8, 4) is 0 Å². The quantitative estimate of drug-likeness (QED) is 0.641. The van der Waals surface area contributed by atoms with Gasteiger partial charge in [0.2, 0.25) is 0 Å². The molecule has 14 heavy (non-hydrogen) atoms. The third-order valence-electron chi connectivity index (χ3n) is 2.51. The summed E-state index contributed by atoms with van der Waals surface area (Å²) in [6.07, 6.45) is 1.12. The molecule has 0 amide bonds. The maximum atomic E-state index is 4.54. The molecular formula is C13H19N. The fourth-order valence-electron chi connectivity index (χ4n) is 1.41. The first-order chi connectivity index (χ1) is 6.75. The van der Waals surface area contributed by atoms with E-state index >= 15 is 0 Å². The average Bonchev–Trinajstić information content (AvgIpc) is 2.26. The van der Waals surface area contributed by atoms with Crippen LogP contribution in [0.4, 0.5) is 0 Å². The van der Waals surface area contributed by atoms with Crippen molar-refractivity contribution in [3.63, 3.8) is 0 Å². The summed E-state index contributed by atoms with van der Waals surface area (Å²) in [5.74, 6) is 0.447. The summed E-state index contributed by atoms with van der Waals surface area (Å²) in [6, 6.07) is 10.5. The molecule has 1 aromatic carbocycles. The lowest BCUT2D eigenvalue weighted by Gasteiger charge is -2.11. The second kappa shape index (κ2) is 5.58. The van der Waals surface area contributed by atoms with Crippen molar-refractivity contribution in [2.45, 2.75) is 33.1 Å². The molecule has 0 aliphatic rings. The molecule has 0 aromatic heterocycles. The van der Waals surface area contributed by atoms with E-state index < -0.39 is 0 Å². The second-order valence-corrected chi connectivity index (χ2v) is 3.66. The van der Waals surface area contributed by atoms with Gasteiger partial charge >= 0.3 is 0 Å². The molecule has 0 radical (unpaired) electrons. The first-order valence-electron chi connectivity index (χ1n) is 5.31. The van der Waals surface area contributed by atoms with Gasteiger partial charge in [0, 0.05) is 18.2 Å². The summed E-state index contributed by atoms with van der Waals surface area (Å²) in [6.45, 7) is 7.43. The number of hydrogen-bond donors (Lipinski definition) is 0. The van der Waals surface area contributed by atoms with Crippen molar-refractivity contribution >= 4 is 5.71 Å². The summed E-state index contributed by atoms with van der Waals surface area (Å²) >= 11 is 0. The van der Waals surface area contributed by atoms with Gasteiger partial charge in [-0.05, 0) is 18.9 Å². The van der Waals surface area contributed by atoms with Crippen molar-refractivity contribution in [1.82, 2.24) is 0 Å². The summed E-state index contributed by atoms with van der Waals surface area (Å²) in [7, 11) is 0. The van der Waals surface area contributed by atoms with Crippen molar-refractivity contribution in [3.05, 3.63) is 35.9 Å². The summed E-state index contributed by atoms with van der Waals surface area (Å²) in [5.41, 5.74) is 2.59. The highest BCUT2D eigenvalue weighted by atomic mass is 14.7. The van der Waals surface area contributed by atoms with E-state index in [1.165, 1.54) is 11.3 Å². The molecular weight excluding hydrogens is 170 g/mol. The Bertz CT molecular complexity index is 287. The van der Waals surface area contributed by atoms with E-state index in [0.717, 1.165) is 13.0 Å². The SMILES string of the molecule is CCCN=C(C)C(C)c1ccccc1. The molecule has 1 heteroatoms. The lowest BCUT2D eigenvalue weighted by atomic mass is 9.97. The van der Waals surface area contributed by atoms with Gasteiger partial charge in [-0.15, -0.1) is 0 Å². The van der Waals surface area contributed by atoms with E-state index in [9.17, 15) is 0 Å². The van der Waals surface area contributed by atoms with Crippen molar-refractivity contribution in [2.24, 2.45) is 4.99 Å². The van der Waals surface area contributed by atoms with Crippen LogP contribution in [0.2, 0.25) is 0 Å². The van der Waals surface area contributed by atoms with Gasteiger partial charge in [0.25, 0.3) is 0 Å². The van der Waals surface area contributed by atoms with E-state index in [4.69, 9.17) is 0 Å². The first-order valence-corrected chi connectivity index (χ1v) is 5.31. The molecule has 0 spiro atoms. The Hall–Kier alpha value is -1.11. The Balaban J connectivity index is 2.70. The Morgan fingerprint density at radius 2 is 1.93 bits per heavy atom. The zero-order valence-electron chi connectivity index (χ0n) is 9.33. The molecule has 0 heterocycles. The average molecular weight is 189 g/mol. The van der Waals surface area contributed by atoms with E-state index in [2.05, 4.69) is 56.1 Å². The second-order valence-electron chi connectivity index (χ2n) is 3.66. The molecule has 0 aliphatic heterocycles. The van der Waals surface area contributed by atoms with Gasteiger partial charge in [-0.25, -0.2) is 0 Å². The molecule has 1 rings (SSSR count). The van der Waals surface area contributed by atoms with Crippen LogP contribution in [0.5, 0.6) is 0 Å². The van der Waals surface area contributed by atoms with Gasteiger partial charge in [-0.1, -0.05) is 44.2 Å². The fraction of sp³-hybridized carbons (Fsp3) is 0.462. The van der Waals surface area contributed by atoms with Crippen LogP contribution in [0.3, 0.4) is 0 Å². The summed E-state index contributed by atoms with van der Waals surface area (Å²) in [5, 5.41) is 0. The first kappa shape index (κ1) is 11.0. The minimum atomic E-state index is 0.447. The zero-order chi connectivity index (χ0) is 10.4. The maximum Gasteiger partial charge on any atom is 0.0386 e. The van der Waals surface area contributed by atoms with E-state index in [1.807, 2.05) is 0 Å². The smallest absolute Gasteiger partial charge is 0.0386 e. The van der Waals surface area contributed by atoms with Gasteiger partial charge in [0.05, 0.1) is 0 Å². The van der Waals surface area contributed by atoms with Crippen LogP contribution in [-0.2, 0) is 0 Å². The van der Waals surface area contributed by atoms with Crippen LogP contribution < -0.4 is 0 Å². The zero-order valence-corrected chi connectivity index (χ0v) is 9.33. The van der Waals surface area contributed by atoms with Crippen molar-refractivity contribution in [1.29, 1.82) is 0 Å². The van der Waals surface area contributed by atoms with E-state index in [-0.39, 0.29) is 0 Å². The van der Waals surface area contributed by atoms with Crippen LogP contribution in [0.1, 0.15) is 38.7 Å². The van der Waals surface area contributed by atoms with E-state index in [1.54, 1.807) is 0 Å². The third kappa shape index (κ3) is 2.99. The highest BCUT2D eigenvalue weighted by molar-refractivity contribution is 5.88. The van der Waals surface area contributed by atoms with Crippen LogP contribution in [0.15, 0.2) is 35.3 Å². The molecule has 1 unspecified atom stereocenters. The lowest BCUT2D eigenvalue weighted by molar-refractivity contribution is 0.905. The molecule has 0 N–H and O–H groups in total. The standard InChI is InChI=1S/C13H19N/c1-4-10-14-12(3)11(2)13-8-6-5-7-9-13/h5-9,11H,4,10H2,1-3H3. The maximum absolute atomic E-state index is 4.54. The van der Waals surface area contributed by atoms with Crippen LogP contribution in [0, 0.1) is 0 Å². The summed E-state index contributed by atoms with van der Waals surface area (Å²) in [4.78, 5) is 4.54. The number of aliphatic imine (C=N–C) groups is 1. The molecule has 76 valence electrons. The number of hydrogen-bond acceptors (Lipinski definition) is 1. The minimum Gasteiger partial charge on any atom is -0.294 e. The molecule has 1 atom stereocenters. The Morgan fingerprint density at radius 1 is 1.29 bits per heavy atom. The minimum absolute atomic E-state index is 0.447. The van der Waals surface area contributed by atoms with E-state index in [0.29, 0.717) is 5.92 Å². The van der Waals surface area contributed by atoms with Crippen molar-refractivity contribution < 1.29 is 0 Å². The number of nitrogens with zero attached hydrogens (tertiary/aromatic N) is 1. The molecule has 0 fully saturated rings. The highest BCUT2D eigenvalue weighted by Gasteiger charge is 2.06. The Morgan fingerprint density at radius 3 is 2.50 bits per heavy atom. The van der Waals surface area contributed by atoms with Crippen molar-refractivity contribution in [2.75, 3.05) is 6.54 Å². The molecule has 0 saturated heterocycles. The lowest BCUT2D eigenvalue weighted by Crippen LogP contribution is -2.05. The summed E-state index contributed by atoms with van der Waals surface area (Å²) < 4.78 is 0. The van der Waals surface area contributed by atoms with Gasteiger partial charge in [-0.2, -0.15) is 0 Å². The monoisotopic (exact) mass is 189 g/mol. The van der Waals surface area contributed by atoms with Crippen LogP contribution in [0.25, 0.3) is 0 Å². The van der Waals surface area contributed by atoms with Gasteiger partial charge < -0.3 is 0 Å². The highest BCUT2D eigenvalue weighted by Crippen LogP contribution is 2.16. The molecule has 1 nitrogen and oxygen atoms in total. The Labute approximate surface area is 86.9 Å². The molecule has 1 aromatic rings.